The summed E-state index contributed by atoms with van der Waals surface area (Å²) in [5.74, 6) is 0. The largest absolute Gasteiger partial charge is 0.390 e. The Kier molecular flexibility index (Phi) is 4.69. The van der Waals surface area contributed by atoms with Crippen LogP contribution < -0.4 is 0 Å². The van der Waals surface area contributed by atoms with E-state index in [-0.39, 0.29) is 0 Å². The van der Waals surface area contributed by atoms with E-state index in [1.54, 1.807) is 24.3 Å². The van der Waals surface area contributed by atoms with Crippen LogP contribution in [-0.2, 0) is 11.4 Å². The van der Waals surface area contributed by atoms with Gasteiger partial charge in [-0.2, -0.15) is 5.26 Å². The van der Waals surface area contributed by atoms with Gasteiger partial charge in [0.25, 0.3) is 0 Å². The summed E-state index contributed by atoms with van der Waals surface area (Å²) in [6.07, 6.45) is 4.50. The molecule has 3 heteroatoms. The van der Waals surface area contributed by atoms with E-state index in [9.17, 15) is 0 Å². The van der Waals surface area contributed by atoms with Crippen LogP contribution in [0.5, 0.6) is 0 Å². The fourth-order valence-electron chi connectivity index (χ4n) is 1.68. The van der Waals surface area contributed by atoms with Gasteiger partial charge in [-0.05, 0) is 23.3 Å². The van der Waals surface area contributed by atoms with Gasteiger partial charge in [-0.25, -0.2) is 0 Å². The smallest absolute Gasteiger partial charge is 0.142 e. The first-order chi connectivity index (χ1) is 9.83. The molecule has 1 radical (unpaired) electrons. The van der Waals surface area contributed by atoms with Crippen LogP contribution in [-0.4, -0.2) is 6.21 Å². The Morgan fingerprint density at radius 1 is 1.15 bits per heavy atom. The fraction of sp³-hybridized carbons (Fsp3) is 0.0588. The average molecular weight is 261 g/mol. The average Bonchev–Trinajstić information content (AvgIpc) is 2.52. The highest BCUT2D eigenvalue weighted by Crippen LogP contribution is 2.08. The number of nitrogens with zero attached hydrogens (tertiary/aromatic N) is 2. The third kappa shape index (κ3) is 3.56. The third-order valence-electron chi connectivity index (χ3n) is 2.70. The third-order valence-corrected chi connectivity index (χ3v) is 2.70. The first-order valence-corrected chi connectivity index (χ1v) is 6.12. The maximum Gasteiger partial charge on any atom is 0.142 e. The Morgan fingerprint density at radius 3 is 2.70 bits per heavy atom. The van der Waals surface area contributed by atoms with Crippen LogP contribution in [0.3, 0.4) is 0 Å². The van der Waals surface area contributed by atoms with Crippen LogP contribution in [0.15, 0.2) is 60.3 Å². The highest BCUT2D eigenvalue weighted by atomic mass is 16.6. The van der Waals surface area contributed by atoms with Crippen LogP contribution in [0, 0.1) is 11.3 Å². The van der Waals surface area contributed by atoms with Gasteiger partial charge in [0.15, 0.2) is 0 Å². The molecule has 0 aliphatic carbocycles. The van der Waals surface area contributed by atoms with Gasteiger partial charge < -0.3 is 4.84 Å². The zero-order valence-electron chi connectivity index (χ0n) is 10.9. The van der Waals surface area contributed by atoms with Crippen molar-refractivity contribution in [3.8, 4) is 6.07 Å². The maximum atomic E-state index is 8.93. The molecule has 0 saturated heterocycles. The number of rotatable bonds is 5. The normalized spacial score (nSPS) is 10.2. The van der Waals surface area contributed by atoms with Crippen molar-refractivity contribution in [2.45, 2.75) is 6.61 Å². The maximum absolute atomic E-state index is 8.93. The van der Waals surface area contributed by atoms with Crippen molar-refractivity contribution in [1.82, 2.24) is 0 Å². The lowest BCUT2D eigenvalue weighted by molar-refractivity contribution is 0.132. The van der Waals surface area contributed by atoms with E-state index in [1.807, 2.05) is 30.3 Å². The van der Waals surface area contributed by atoms with Crippen LogP contribution >= 0.6 is 0 Å². The molecule has 0 unspecified atom stereocenters. The molecule has 0 aliphatic rings. The van der Waals surface area contributed by atoms with E-state index in [2.05, 4.69) is 24.0 Å². The molecule has 2 aromatic rings. The lowest BCUT2D eigenvalue weighted by Crippen LogP contribution is -1.91. The van der Waals surface area contributed by atoms with Gasteiger partial charge in [-0.1, -0.05) is 54.2 Å². The quantitative estimate of drug-likeness (QED) is 0.609. The molecule has 0 bridgehead atoms. The lowest BCUT2D eigenvalue weighted by Gasteiger charge is -2.01. The zero-order valence-corrected chi connectivity index (χ0v) is 10.9. The van der Waals surface area contributed by atoms with Crippen molar-refractivity contribution in [2.75, 3.05) is 0 Å². The Hall–Kier alpha value is -2.86. The number of benzene rings is 2. The highest BCUT2D eigenvalue weighted by Gasteiger charge is 1.98. The number of hydrogen-bond donors (Lipinski definition) is 0. The first-order valence-electron chi connectivity index (χ1n) is 6.12. The Labute approximate surface area is 118 Å². The van der Waals surface area contributed by atoms with Crippen LogP contribution in [0.4, 0.5) is 0 Å². The molecule has 0 aromatic heterocycles. The van der Waals surface area contributed by atoms with Gasteiger partial charge in [0, 0.05) is 5.56 Å². The van der Waals surface area contributed by atoms with Crippen LogP contribution in [0.2, 0.25) is 0 Å². The minimum absolute atomic E-state index is 0.351. The standard InChI is InChI=1S/C17H13N2O/c1-2-14-6-5-7-15(10-14)13-20-19-12-17-9-4-3-8-16(17)11-18/h2-10H,1,13H2. The molecular weight excluding hydrogens is 248 g/mol. The van der Waals surface area contributed by atoms with Gasteiger partial charge in [0.2, 0.25) is 0 Å². The monoisotopic (exact) mass is 261 g/mol. The van der Waals surface area contributed by atoms with Crippen molar-refractivity contribution in [3.05, 3.63) is 77.4 Å². The summed E-state index contributed by atoms with van der Waals surface area (Å²) in [5, 5.41) is 12.7. The molecule has 0 heterocycles. The van der Waals surface area contributed by atoms with E-state index in [1.165, 1.54) is 0 Å². The summed E-state index contributed by atoms with van der Waals surface area (Å²) in [4.78, 5) is 5.19. The summed E-state index contributed by atoms with van der Waals surface area (Å²) in [5.41, 5.74) is 3.18. The second-order valence-corrected chi connectivity index (χ2v) is 4.08. The molecule has 0 amide bonds. The van der Waals surface area contributed by atoms with Gasteiger partial charge in [-0.15, -0.1) is 0 Å². The van der Waals surface area contributed by atoms with Crippen molar-refractivity contribution < 1.29 is 4.84 Å². The van der Waals surface area contributed by atoms with E-state index < -0.39 is 0 Å². The molecule has 2 rings (SSSR count). The van der Waals surface area contributed by atoms with Crippen molar-refractivity contribution in [1.29, 1.82) is 5.26 Å². The van der Waals surface area contributed by atoms with Crippen molar-refractivity contribution >= 4 is 12.3 Å². The van der Waals surface area contributed by atoms with E-state index in [0.29, 0.717) is 17.7 Å². The van der Waals surface area contributed by atoms with E-state index >= 15 is 0 Å². The summed E-state index contributed by atoms with van der Waals surface area (Å²) in [7, 11) is 0. The Bertz CT molecular complexity index is 669. The summed E-state index contributed by atoms with van der Waals surface area (Å²) in [6.45, 7) is 4.07. The molecule has 0 spiro atoms. The van der Waals surface area contributed by atoms with Gasteiger partial charge in [0.1, 0.15) is 12.8 Å². The molecule has 2 aromatic carbocycles. The fourth-order valence-corrected chi connectivity index (χ4v) is 1.68. The van der Waals surface area contributed by atoms with E-state index in [0.717, 1.165) is 11.1 Å². The first kappa shape index (κ1) is 13.6. The lowest BCUT2D eigenvalue weighted by atomic mass is 10.1. The van der Waals surface area contributed by atoms with Gasteiger partial charge >= 0.3 is 0 Å². The van der Waals surface area contributed by atoms with Gasteiger partial charge in [0.05, 0.1) is 11.6 Å². The number of hydrogen-bond acceptors (Lipinski definition) is 3. The summed E-state index contributed by atoms with van der Waals surface area (Å²) >= 11 is 0. The topological polar surface area (TPSA) is 45.4 Å². The van der Waals surface area contributed by atoms with E-state index in [4.69, 9.17) is 10.1 Å². The predicted molar refractivity (Wildman–Crippen MR) is 79.0 cm³/mol. The summed E-state index contributed by atoms with van der Waals surface area (Å²) < 4.78 is 0. The van der Waals surface area contributed by atoms with Crippen molar-refractivity contribution in [3.63, 3.8) is 0 Å². The molecule has 0 saturated carbocycles. The second-order valence-electron chi connectivity index (χ2n) is 4.08. The predicted octanol–water partition coefficient (Wildman–Crippen LogP) is 3.63. The van der Waals surface area contributed by atoms with Crippen LogP contribution in [0.25, 0.3) is 6.08 Å². The molecule has 20 heavy (non-hydrogen) atoms. The molecule has 97 valence electrons. The minimum atomic E-state index is 0.351. The Morgan fingerprint density at radius 2 is 1.95 bits per heavy atom. The molecule has 0 fully saturated rings. The minimum Gasteiger partial charge on any atom is -0.390 e. The Balaban J connectivity index is 1.97. The molecule has 0 aliphatic heterocycles. The molecule has 0 atom stereocenters. The molecular formula is C17H13N2O. The highest BCUT2D eigenvalue weighted by molar-refractivity contribution is 5.82. The zero-order chi connectivity index (χ0) is 14.2. The van der Waals surface area contributed by atoms with Crippen LogP contribution in [0.1, 0.15) is 22.3 Å². The van der Waals surface area contributed by atoms with Crippen molar-refractivity contribution in [2.24, 2.45) is 5.16 Å². The van der Waals surface area contributed by atoms with Gasteiger partial charge in [-0.3, -0.25) is 0 Å². The molecule has 0 N–H and O–H groups in total. The second kappa shape index (κ2) is 6.91. The summed E-state index contributed by atoms with van der Waals surface area (Å²) in [6, 6.07) is 17.0. The number of nitriles is 1. The SMILES string of the molecule is C=Cc1cccc(CO/N=[C]\c2ccccc2C#N)c1. The molecule has 3 nitrogen and oxygen atoms in total.